The van der Waals surface area contributed by atoms with Gasteiger partial charge in [0.05, 0.1) is 17.8 Å². The molecule has 2 rings (SSSR count). The standard InChI is InChI=1S/C19H18ClN3O2/c1-4-9-13(5-2)17(14-10-7-6-8-11-14)21-16-12-15(20)18(23-22-16)19(24)25-3/h4-12H,1-3H3/b9-4-,13-5+,21-17?. The average molecular weight is 356 g/mol. The second-order valence-electron chi connectivity index (χ2n) is 4.96. The summed E-state index contributed by atoms with van der Waals surface area (Å²) < 4.78 is 4.62. The molecule has 1 aromatic heterocycles. The van der Waals surface area contributed by atoms with Crippen molar-refractivity contribution < 1.29 is 9.53 Å². The quantitative estimate of drug-likeness (QED) is 0.448. The zero-order valence-corrected chi connectivity index (χ0v) is 15.0. The van der Waals surface area contributed by atoms with Gasteiger partial charge in [0.15, 0.2) is 11.5 Å². The molecule has 2 aromatic rings. The second kappa shape index (κ2) is 8.89. The minimum atomic E-state index is -0.639. The van der Waals surface area contributed by atoms with E-state index in [1.165, 1.54) is 13.2 Å². The minimum Gasteiger partial charge on any atom is -0.464 e. The lowest BCUT2D eigenvalue weighted by molar-refractivity contribution is 0.0593. The SMILES string of the molecule is C/C=C\C(=C/C)C(=Nc1cc(Cl)c(C(=O)OC)nn1)c1ccccc1. The summed E-state index contributed by atoms with van der Waals surface area (Å²) >= 11 is 6.11. The van der Waals surface area contributed by atoms with Gasteiger partial charge in [0.2, 0.25) is 0 Å². The minimum absolute atomic E-state index is 0.0379. The molecule has 6 heteroatoms. The Labute approximate surface area is 151 Å². The number of methoxy groups -OCH3 is 1. The highest BCUT2D eigenvalue weighted by molar-refractivity contribution is 6.33. The molecule has 0 aliphatic carbocycles. The van der Waals surface area contributed by atoms with Crippen LogP contribution in [0.25, 0.3) is 0 Å². The number of ether oxygens (including phenoxy) is 1. The van der Waals surface area contributed by atoms with E-state index >= 15 is 0 Å². The molecule has 0 bridgehead atoms. The third-order valence-electron chi connectivity index (χ3n) is 3.32. The lowest BCUT2D eigenvalue weighted by Gasteiger charge is -2.08. The van der Waals surface area contributed by atoms with E-state index in [2.05, 4.69) is 19.9 Å². The number of allylic oxidation sites excluding steroid dienone is 4. The first-order valence-electron chi connectivity index (χ1n) is 7.65. The molecule has 0 unspecified atom stereocenters. The second-order valence-corrected chi connectivity index (χ2v) is 5.37. The summed E-state index contributed by atoms with van der Waals surface area (Å²) in [6, 6.07) is 11.2. The van der Waals surface area contributed by atoms with Gasteiger partial charge in [0.1, 0.15) is 0 Å². The third-order valence-corrected chi connectivity index (χ3v) is 3.61. The Kier molecular flexibility index (Phi) is 6.60. The summed E-state index contributed by atoms with van der Waals surface area (Å²) in [4.78, 5) is 16.2. The van der Waals surface area contributed by atoms with Gasteiger partial charge in [0, 0.05) is 11.6 Å². The Morgan fingerprint density at radius 2 is 1.92 bits per heavy atom. The molecule has 25 heavy (non-hydrogen) atoms. The fourth-order valence-electron chi connectivity index (χ4n) is 2.15. The predicted molar refractivity (Wildman–Crippen MR) is 99.6 cm³/mol. The number of nitrogens with zero attached hydrogens (tertiary/aromatic N) is 3. The van der Waals surface area contributed by atoms with E-state index in [1.54, 1.807) is 0 Å². The summed E-state index contributed by atoms with van der Waals surface area (Å²) in [5, 5.41) is 7.94. The lowest BCUT2D eigenvalue weighted by atomic mass is 10.0. The summed E-state index contributed by atoms with van der Waals surface area (Å²) in [5.41, 5.74) is 2.56. The van der Waals surface area contributed by atoms with Crippen LogP contribution in [-0.4, -0.2) is 29.0 Å². The Morgan fingerprint density at radius 1 is 1.20 bits per heavy atom. The van der Waals surface area contributed by atoms with E-state index in [4.69, 9.17) is 11.6 Å². The molecule has 0 N–H and O–H groups in total. The van der Waals surface area contributed by atoms with Crippen LogP contribution in [-0.2, 0) is 4.74 Å². The maximum absolute atomic E-state index is 11.6. The Balaban J connectivity index is 2.54. The summed E-state index contributed by atoms with van der Waals surface area (Å²) in [7, 11) is 1.26. The van der Waals surface area contributed by atoms with Crippen LogP contribution in [0.1, 0.15) is 29.9 Å². The van der Waals surface area contributed by atoms with Gasteiger partial charge in [-0.25, -0.2) is 9.79 Å². The zero-order valence-electron chi connectivity index (χ0n) is 14.2. The summed E-state index contributed by atoms with van der Waals surface area (Å²) in [5.74, 6) is -0.334. The van der Waals surface area contributed by atoms with E-state index in [0.29, 0.717) is 5.82 Å². The summed E-state index contributed by atoms with van der Waals surface area (Å²) in [6.45, 7) is 3.88. The van der Waals surface area contributed by atoms with Crippen LogP contribution in [0.15, 0.2) is 65.2 Å². The normalized spacial score (nSPS) is 12.5. The smallest absolute Gasteiger partial charge is 0.360 e. The Bertz CT molecular complexity index is 843. The molecule has 1 aromatic carbocycles. The monoisotopic (exact) mass is 355 g/mol. The van der Waals surface area contributed by atoms with Crippen LogP contribution < -0.4 is 0 Å². The van der Waals surface area contributed by atoms with Crippen molar-refractivity contribution in [3.63, 3.8) is 0 Å². The van der Waals surface area contributed by atoms with E-state index < -0.39 is 5.97 Å². The van der Waals surface area contributed by atoms with E-state index in [0.717, 1.165) is 16.8 Å². The van der Waals surface area contributed by atoms with Crippen molar-refractivity contribution in [2.75, 3.05) is 7.11 Å². The van der Waals surface area contributed by atoms with Gasteiger partial charge in [-0.3, -0.25) is 0 Å². The fourth-order valence-corrected chi connectivity index (χ4v) is 2.36. The first kappa shape index (κ1) is 18.5. The molecule has 5 nitrogen and oxygen atoms in total. The van der Waals surface area contributed by atoms with Gasteiger partial charge in [-0.05, 0) is 19.4 Å². The zero-order chi connectivity index (χ0) is 18.2. The van der Waals surface area contributed by atoms with E-state index in [-0.39, 0.29) is 10.7 Å². The Morgan fingerprint density at radius 3 is 2.48 bits per heavy atom. The number of hydrogen-bond donors (Lipinski definition) is 0. The molecule has 0 fully saturated rings. The van der Waals surface area contributed by atoms with Crippen molar-refractivity contribution in [3.05, 3.63) is 76.5 Å². The number of benzene rings is 1. The van der Waals surface area contributed by atoms with Crippen molar-refractivity contribution in [2.45, 2.75) is 13.8 Å². The van der Waals surface area contributed by atoms with Crippen molar-refractivity contribution in [1.29, 1.82) is 0 Å². The van der Waals surface area contributed by atoms with Gasteiger partial charge in [-0.2, -0.15) is 0 Å². The fraction of sp³-hybridized carbons (Fsp3) is 0.158. The van der Waals surface area contributed by atoms with Crippen LogP contribution in [0.4, 0.5) is 5.82 Å². The number of rotatable bonds is 5. The predicted octanol–water partition coefficient (Wildman–Crippen LogP) is 4.56. The molecule has 0 atom stereocenters. The van der Waals surface area contributed by atoms with Crippen molar-refractivity contribution in [3.8, 4) is 0 Å². The van der Waals surface area contributed by atoms with Crippen LogP contribution in [0.5, 0.6) is 0 Å². The molecule has 0 saturated heterocycles. The Hall–Kier alpha value is -2.79. The number of hydrogen-bond acceptors (Lipinski definition) is 5. The number of carbonyl (C=O) groups excluding carboxylic acids is 1. The molecule has 1 heterocycles. The lowest BCUT2D eigenvalue weighted by Crippen LogP contribution is -2.07. The molecule has 0 aliphatic heterocycles. The number of aromatic nitrogens is 2. The van der Waals surface area contributed by atoms with E-state index in [1.807, 2.05) is 62.4 Å². The van der Waals surface area contributed by atoms with Gasteiger partial charge in [-0.1, -0.05) is 60.2 Å². The van der Waals surface area contributed by atoms with Crippen LogP contribution in [0.2, 0.25) is 5.02 Å². The van der Waals surface area contributed by atoms with E-state index in [9.17, 15) is 4.79 Å². The molecular formula is C19H18ClN3O2. The molecular weight excluding hydrogens is 338 g/mol. The first-order valence-corrected chi connectivity index (χ1v) is 8.03. The first-order chi connectivity index (χ1) is 12.1. The highest BCUT2D eigenvalue weighted by Crippen LogP contribution is 2.21. The number of esters is 1. The third kappa shape index (κ3) is 4.61. The largest absolute Gasteiger partial charge is 0.464 e. The maximum Gasteiger partial charge on any atom is 0.360 e. The van der Waals surface area contributed by atoms with Crippen LogP contribution in [0.3, 0.4) is 0 Å². The van der Waals surface area contributed by atoms with Gasteiger partial charge >= 0.3 is 5.97 Å². The maximum atomic E-state index is 11.6. The van der Waals surface area contributed by atoms with Gasteiger partial charge in [-0.15, -0.1) is 10.2 Å². The average Bonchev–Trinajstić information content (AvgIpc) is 2.64. The van der Waals surface area contributed by atoms with Gasteiger partial charge < -0.3 is 4.74 Å². The number of halogens is 1. The van der Waals surface area contributed by atoms with Crippen LogP contribution >= 0.6 is 11.6 Å². The highest BCUT2D eigenvalue weighted by Gasteiger charge is 2.15. The van der Waals surface area contributed by atoms with Crippen molar-refractivity contribution >= 4 is 29.1 Å². The molecule has 0 aliphatic rings. The highest BCUT2D eigenvalue weighted by atomic mass is 35.5. The summed E-state index contributed by atoms with van der Waals surface area (Å²) in [6.07, 6.45) is 5.86. The number of aliphatic imine (C=N–C) groups is 1. The van der Waals surface area contributed by atoms with Gasteiger partial charge in [0.25, 0.3) is 0 Å². The molecule has 0 spiro atoms. The van der Waals surface area contributed by atoms with Crippen molar-refractivity contribution in [2.24, 2.45) is 4.99 Å². The number of carbonyl (C=O) groups is 1. The molecule has 0 saturated carbocycles. The molecule has 0 amide bonds. The van der Waals surface area contributed by atoms with Crippen molar-refractivity contribution in [1.82, 2.24) is 10.2 Å². The van der Waals surface area contributed by atoms with Crippen LogP contribution in [0, 0.1) is 0 Å². The molecule has 128 valence electrons. The topological polar surface area (TPSA) is 64.4 Å². The molecule has 0 radical (unpaired) electrons.